The molecule has 0 saturated carbocycles. The molecule has 0 atom stereocenters. The summed E-state index contributed by atoms with van der Waals surface area (Å²) < 4.78 is 2.68. The van der Waals surface area contributed by atoms with Crippen molar-refractivity contribution in [3.05, 3.63) is 186 Å². The van der Waals surface area contributed by atoms with E-state index in [-0.39, 0.29) is 23.0 Å². The Hall–Kier alpha value is -6.36. The molecule has 1 aromatic heterocycles. The van der Waals surface area contributed by atoms with Crippen molar-refractivity contribution in [3.8, 4) is 22.3 Å². The van der Waals surface area contributed by atoms with Crippen LogP contribution in [0.3, 0.4) is 0 Å². The highest BCUT2D eigenvalue weighted by atomic mass is 32.1. The number of aryl methyl sites for hydroxylation is 1. The molecule has 64 heavy (non-hydrogen) atoms. The Balaban J connectivity index is 1.09. The fourth-order valence-corrected chi connectivity index (χ4v) is 12.5. The number of hydrogen-bond donors (Lipinski definition) is 0. The van der Waals surface area contributed by atoms with Crippen LogP contribution < -0.4 is 26.2 Å². The van der Waals surface area contributed by atoms with Gasteiger partial charge in [-0.3, -0.25) is 0 Å². The lowest BCUT2D eigenvalue weighted by atomic mass is 9.33. The zero-order chi connectivity index (χ0) is 44.0. The molecule has 0 unspecified atom stereocenters. The molecule has 0 spiro atoms. The molecule has 0 bridgehead atoms. The summed E-state index contributed by atoms with van der Waals surface area (Å²) >= 11 is 1.90. The standard InChI is InChI=1S/C60H53BN2S/c1-36-31-53-56-54(32-36)63(41-27-28-44-43-15-10-12-19-47(43)60(8,9)48(44)35-41)51-30-24-38(58(2,3)4)33-50(51)61(56)49-29-23-39(59(5,6)7)34-52(49)62(53)40-25-21-37(22-26-40)42-17-14-18-46-45-16-11-13-20-55(45)64-57(42)46/h10-35H,1-9H3. The normalized spacial score (nSPS) is 14.7. The smallest absolute Gasteiger partial charge is 0.252 e. The first-order valence-corrected chi connectivity index (χ1v) is 23.8. The molecule has 0 saturated heterocycles. The average molecular weight is 845 g/mol. The third-order valence-electron chi connectivity index (χ3n) is 14.6. The zero-order valence-electron chi connectivity index (χ0n) is 38.4. The van der Waals surface area contributed by atoms with Crippen LogP contribution in [0.15, 0.2) is 158 Å². The molecule has 312 valence electrons. The number of fused-ring (bicyclic) bond motifs is 10. The quantitative estimate of drug-likeness (QED) is 0.164. The van der Waals surface area contributed by atoms with Gasteiger partial charge in [0.25, 0.3) is 6.71 Å². The van der Waals surface area contributed by atoms with Gasteiger partial charge in [-0.05, 0) is 139 Å². The topological polar surface area (TPSA) is 6.48 Å². The van der Waals surface area contributed by atoms with E-state index in [4.69, 9.17) is 0 Å². The molecule has 0 amide bonds. The molecule has 12 rings (SSSR count). The number of anilines is 6. The van der Waals surface area contributed by atoms with E-state index in [0.29, 0.717) is 0 Å². The molecule has 4 heteroatoms. The highest BCUT2D eigenvalue weighted by Gasteiger charge is 2.45. The molecule has 0 N–H and O–H groups in total. The van der Waals surface area contributed by atoms with Gasteiger partial charge in [-0.2, -0.15) is 0 Å². The minimum atomic E-state index is -0.111. The van der Waals surface area contributed by atoms with E-state index in [9.17, 15) is 0 Å². The van der Waals surface area contributed by atoms with Gasteiger partial charge in [-0.1, -0.05) is 159 Å². The van der Waals surface area contributed by atoms with Crippen LogP contribution in [-0.2, 0) is 16.2 Å². The number of hydrogen-bond acceptors (Lipinski definition) is 3. The van der Waals surface area contributed by atoms with E-state index in [0.717, 1.165) is 0 Å². The molecule has 2 nitrogen and oxygen atoms in total. The lowest BCUT2D eigenvalue weighted by Crippen LogP contribution is -2.61. The maximum absolute atomic E-state index is 2.59. The van der Waals surface area contributed by atoms with Crippen LogP contribution >= 0.6 is 11.3 Å². The largest absolute Gasteiger partial charge is 0.311 e. The SMILES string of the molecule is Cc1cc2c3c(c1)N(c1ccc(-c4cccc5c4sc4ccccc45)cc1)c1cc(C(C)(C)C)ccc1B3c1cc(C(C)(C)C)ccc1N2c1ccc2c(c1)C(C)(C)c1ccccc1-2. The van der Waals surface area contributed by atoms with Crippen LogP contribution in [0.4, 0.5) is 34.1 Å². The van der Waals surface area contributed by atoms with Crippen molar-refractivity contribution in [2.75, 3.05) is 9.80 Å². The maximum Gasteiger partial charge on any atom is 0.252 e. The molecular weight excluding hydrogens is 792 g/mol. The second-order valence-corrected chi connectivity index (χ2v) is 22.1. The van der Waals surface area contributed by atoms with E-state index >= 15 is 0 Å². The van der Waals surface area contributed by atoms with Gasteiger partial charge in [-0.25, -0.2) is 0 Å². The lowest BCUT2D eigenvalue weighted by Gasteiger charge is -2.45. The molecule has 8 aromatic carbocycles. The summed E-state index contributed by atoms with van der Waals surface area (Å²) in [5.74, 6) is 0. The van der Waals surface area contributed by atoms with Crippen molar-refractivity contribution in [2.45, 2.75) is 78.6 Å². The number of nitrogens with zero attached hydrogens (tertiary/aromatic N) is 2. The predicted molar refractivity (Wildman–Crippen MR) is 278 cm³/mol. The Kier molecular flexibility index (Phi) is 8.33. The van der Waals surface area contributed by atoms with Crippen LogP contribution in [0.25, 0.3) is 42.4 Å². The summed E-state index contributed by atoms with van der Waals surface area (Å²) in [5.41, 5.74) is 23.3. The van der Waals surface area contributed by atoms with Crippen molar-refractivity contribution >= 4 is 88.7 Å². The van der Waals surface area contributed by atoms with Crippen LogP contribution in [-0.4, -0.2) is 6.71 Å². The Morgan fingerprint density at radius 2 is 1.11 bits per heavy atom. The van der Waals surface area contributed by atoms with Crippen LogP contribution in [0, 0.1) is 6.92 Å². The fraction of sp³-hybridized carbons (Fsp3) is 0.200. The maximum atomic E-state index is 2.59. The van der Waals surface area contributed by atoms with Gasteiger partial charge in [0.2, 0.25) is 0 Å². The third-order valence-corrected chi connectivity index (χ3v) is 15.8. The summed E-state index contributed by atoms with van der Waals surface area (Å²) in [7, 11) is 0. The molecule has 1 aliphatic carbocycles. The molecule has 3 heterocycles. The summed E-state index contributed by atoms with van der Waals surface area (Å²) in [4.78, 5) is 5.17. The van der Waals surface area contributed by atoms with E-state index in [1.807, 2.05) is 11.3 Å². The first-order chi connectivity index (χ1) is 30.7. The third kappa shape index (κ3) is 5.71. The van der Waals surface area contributed by atoms with E-state index in [1.165, 1.54) is 121 Å². The van der Waals surface area contributed by atoms with Gasteiger partial charge < -0.3 is 9.80 Å². The summed E-state index contributed by atoms with van der Waals surface area (Å²) in [6.45, 7) is 21.1. The summed E-state index contributed by atoms with van der Waals surface area (Å²) in [6.07, 6.45) is 0. The van der Waals surface area contributed by atoms with Crippen molar-refractivity contribution in [1.82, 2.24) is 0 Å². The van der Waals surface area contributed by atoms with Gasteiger partial charge in [0.15, 0.2) is 0 Å². The van der Waals surface area contributed by atoms with Crippen molar-refractivity contribution in [3.63, 3.8) is 0 Å². The molecule has 3 aliphatic rings. The Bertz CT molecular complexity index is 3410. The second kappa shape index (κ2) is 13.6. The first kappa shape index (κ1) is 39.3. The molecular formula is C60H53BN2S. The molecule has 0 radical (unpaired) electrons. The van der Waals surface area contributed by atoms with Crippen molar-refractivity contribution in [1.29, 1.82) is 0 Å². The van der Waals surface area contributed by atoms with Gasteiger partial charge in [0, 0.05) is 59.7 Å². The van der Waals surface area contributed by atoms with E-state index in [2.05, 4.69) is 230 Å². The number of benzene rings is 8. The average Bonchev–Trinajstić information content (AvgIpc) is 3.77. The first-order valence-electron chi connectivity index (χ1n) is 23.0. The fourth-order valence-electron chi connectivity index (χ4n) is 11.2. The van der Waals surface area contributed by atoms with Crippen molar-refractivity contribution in [2.24, 2.45) is 0 Å². The minimum Gasteiger partial charge on any atom is -0.311 e. The van der Waals surface area contributed by atoms with E-state index in [1.54, 1.807) is 0 Å². The monoisotopic (exact) mass is 844 g/mol. The van der Waals surface area contributed by atoms with Crippen LogP contribution in [0.2, 0.25) is 0 Å². The Morgan fingerprint density at radius 3 is 1.88 bits per heavy atom. The number of thiophene rings is 1. The lowest BCUT2D eigenvalue weighted by molar-refractivity contribution is 0.590. The zero-order valence-corrected chi connectivity index (χ0v) is 39.2. The summed E-state index contributed by atoms with van der Waals surface area (Å²) in [5, 5.41) is 2.66. The Labute approximate surface area is 382 Å². The minimum absolute atomic E-state index is 0.0127. The van der Waals surface area contributed by atoms with Gasteiger partial charge in [0.1, 0.15) is 0 Å². The van der Waals surface area contributed by atoms with E-state index < -0.39 is 0 Å². The van der Waals surface area contributed by atoms with Crippen LogP contribution in [0.5, 0.6) is 0 Å². The second-order valence-electron chi connectivity index (χ2n) is 21.1. The predicted octanol–water partition coefficient (Wildman–Crippen LogP) is 15.0. The van der Waals surface area contributed by atoms with Gasteiger partial charge in [-0.15, -0.1) is 11.3 Å². The van der Waals surface area contributed by atoms with Crippen molar-refractivity contribution < 1.29 is 0 Å². The highest BCUT2D eigenvalue weighted by Crippen LogP contribution is 2.52. The molecule has 2 aliphatic heterocycles. The van der Waals surface area contributed by atoms with Gasteiger partial charge >= 0.3 is 0 Å². The van der Waals surface area contributed by atoms with Crippen LogP contribution in [0.1, 0.15) is 83.2 Å². The number of rotatable bonds is 3. The molecule has 9 aromatic rings. The molecule has 0 fully saturated rings. The van der Waals surface area contributed by atoms with Gasteiger partial charge in [0.05, 0.1) is 0 Å². The highest BCUT2D eigenvalue weighted by molar-refractivity contribution is 7.26. The summed E-state index contributed by atoms with van der Waals surface area (Å²) in [6, 6.07) is 60.8. The Morgan fingerprint density at radius 1 is 0.484 bits per heavy atom.